The Morgan fingerprint density at radius 1 is 1.21 bits per heavy atom. The lowest BCUT2D eigenvalue weighted by Gasteiger charge is -2.22. The summed E-state index contributed by atoms with van der Waals surface area (Å²) in [4.78, 5) is 22.4. The summed E-state index contributed by atoms with van der Waals surface area (Å²) in [6.45, 7) is 0.704. The molecule has 0 bridgehead atoms. The van der Waals surface area contributed by atoms with Crippen molar-refractivity contribution in [1.82, 2.24) is 19.7 Å². The van der Waals surface area contributed by atoms with Gasteiger partial charge in [0.15, 0.2) is 5.82 Å². The van der Waals surface area contributed by atoms with Gasteiger partial charge in [0.1, 0.15) is 11.9 Å². The summed E-state index contributed by atoms with van der Waals surface area (Å²) in [7, 11) is 1.78. The van der Waals surface area contributed by atoms with Crippen LogP contribution in [0.1, 0.15) is 16.7 Å². The smallest absolute Gasteiger partial charge is 0.214 e. The summed E-state index contributed by atoms with van der Waals surface area (Å²) in [5.74, 6) is 0.141. The monoisotopic (exact) mass is 455 g/mol. The van der Waals surface area contributed by atoms with Crippen molar-refractivity contribution in [2.24, 2.45) is 7.05 Å². The first-order valence-electron chi connectivity index (χ1n) is 10.6. The molecule has 1 N–H and O–H groups in total. The molecule has 1 aromatic carbocycles. The summed E-state index contributed by atoms with van der Waals surface area (Å²) in [5, 5.41) is 17.2. The third kappa shape index (κ3) is 5.24. The Kier molecular flexibility index (Phi) is 6.89. The van der Waals surface area contributed by atoms with Crippen molar-refractivity contribution in [3.05, 3.63) is 89.8 Å². The average Bonchev–Trinajstić information content (AvgIpc) is 3.29. The number of aryl methyl sites for hydroxylation is 1. The van der Waals surface area contributed by atoms with E-state index in [0.717, 1.165) is 11.1 Å². The average molecular weight is 455 g/mol. The van der Waals surface area contributed by atoms with Crippen molar-refractivity contribution >= 4 is 17.9 Å². The minimum absolute atomic E-state index is 0.259. The van der Waals surface area contributed by atoms with Gasteiger partial charge in [-0.1, -0.05) is 18.2 Å². The van der Waals surface area contributed by atoms with Crippen LogP contribution in [-0.2, 0) is 24.8 Å². The fourth-order valence-corrected chi connectivity index (χ4v) is 3.59. The number of carbonyl (C=O) groups excluding carboxylic acids is 1. The number of anilines is 2. The number of halogens is 1. The summed E-state index contributed by atoms with van der Waals surface area (Å²) in [5.41, 5.74) is 3.58. The molecule has 3 aromatic heterocycles. The number of nitriles is 1. The third-order valence-electron chi connectivity index (χ3n) is 5.21. The van der Waals surface area contributed by atoms with Crippen LogP contribution in [0.5, 0.6) is 0 Å². The SMILES string of the molecule is Cn1cc(-c2nc(NCCc3cccc(F)c3)c(N(C=O)Cc3cccnc3)cc2C#N)cn1. The zero-order valence-electron chi connectivity index (χ0n) is 18.5. The predicted molar refractivity (Wildman–Crippen MR) is 126 cm³/mol. The van der Waals surface area contributed by atoms with E-state index in [-0.39, 0.29) is 12.4 Å². The van der Waals surface area contributed by atoms with Crippen LogP contribution in [0.15, 0.2) is 67.3 Å². The highest BCUT2D eigenvalue weighted by Crippen LogP contribution is 2.32. The number of rotatable bonds is 9. The molecule has 0 aliphatic heterocycles. The van der Waals surface area contributed by atoms with Crippen LogP contribution in [0, 0.1) is 17.1 Å². The second-order valence-corrected chi connectivity index (χ2v) is 7.67. The number of hydrogen-bond donors (Lipinski definition) is 1. The number of nitrogens with one attached hydrogen (secondary N) is 1. The molecular formula is C25H22FN7O. The van der Waals surface area contributed by atoms with Crippen molar-refractivity contribution in [3.63, 3.8) is 0 Å². The Balaban J connectivity index is 1.70. The van der Waals surface area contributed by atoms with E-state index in [0.29, 0.717) is 47.7 Å². The van der Waals surface area contributed by atoms with Crippen LogP contribution in [0.2, 0.25) is 0 Å². The highest BCUT2D eigenvalue weighted by molar-refractivity contribution is 5.85. The molecule has 0 fully saturated rings. The third-order valence-corrected chi connectivity index (χ3v) is 5.21. The van der Waals surface area contributed by atoms with Crippen LogP contribution < -0.4 is 10.2 Å². The molecule has 0 saturated carbocycles. The molecule has 0 aliphatic rings. The Morgan fingerprint density at radius 2 is 2.06 bits per heavy atom. The molecule has 8 nitrogen and oxygen atoms in total. The topological polar surface area (TPSA) is 99.7 Å². The van der Waals surface area contributed by atoms with Gasteiger partial charge in [-0.3, -0.25) is 14.5 Å². The maximum Gasteiger partial charge on any atom is 0.214 e. The van der Waals surface area contributed by atoms with Gasteiger partial charge in [-0.15, -0.1) is 0 Å². The molecule has 0 unspecified atom stereocenters. The van der Waals surface area contributed by atoms with E-state index >= 15 is 0 Å². The second kappa shape index (κ2) is 10.4. The van der Waals surface area contributed by atoms with Gasteiger partial charge < -0.3 is 10.2 Å². The summed E-state index contributed by atoms with van der Waals surface area (Å²) >= 11 is 0. The van der Waals surface area contributed by atoms with Gasteiger partial charge in [-0.05, 0) is 41.8 Å². The highest BCUT2D eigenvalue weighted by Gasteiger charge is 2.19. The first-order valence-corrected chi connectivity index (χ1v) is 10.6. The summed E-state index contributed by atoms with van der Waals surface area (Å²) in [6, 6.07) is 13.9. The van der Waals surface area contributed by atoms with Gasteiger partial charge in [0.25, 0.3) is 0 Å². The number of carbonyl (C=O) groups is 1. The Hall–Kier alpha value is -4.58. The molecule has 0 aliphatic carbocycles. The minimum Gasteiger partial charge on any atom is -0.368 e. The maximum absolute atomic E-state index is 13.5. The Bertz CT molecular complexity index is 1330. The molecule has 9 heteroatoms. The maximum atomic E-state index is 13.5. The van der Waals surface area contributed by atoms with Crippen molar-refractivity contribution in [3.8, 4) is 17.3 Å². The Morgan fingerprint density at radius 3 is 2.74 bits per heavy atom. The molecule has 0 atom stereocenters. The molecular weight excluding hydrogens is 433 g/mol. The van der Waals surface area contributed by atoms with Crippen molar-refractivity contribution in [2.45, 2.75) is 13.0 Å². The first-order chi connectivity index (χ1) is 16.6. The van der Waals surface area contributed by atoms with E-state index in [1.807, 2.05) is 12.1 Å². The zero-order valence-corrected chi connectivity index (χ0v) is 18.5. The van der Waals surface area contributed by atoms with E-state index in [1.54, 1.807) is 54.7 Å². The second-order valence-electron chi connectivity index (χ2n) is 7.67. The van der Waals surface area contributed by atoms with E-state index in [2.05, 4.69) is 21.5 Å². The largest absolute Gasteiger partial charge is 0.368 e. The summed E-state index contributed by atoms with van der Waals surface area (Å²) < 4.78 is 15.2. The van der Waals surface area contributed by atoms with Crippen molar-refractivity contribution in [2.75, 3.05) is 16.8 Å². The number of pyridine rings is 2. The van der Waals surface area contributed by atoms with E-state index in [4.69, 9.17) is 4.98 Å². The molecule has 0 saturated heterocycles. The van der Waals surface area contributed by atoms with Gasteiger partial charge in [0.2, 0.25) is 6.41 Å². The number of nitrogens with zero attached hydrogens (tertiary/aromatic N) is 6. The molecule has 0 radical (unpaired) electrons. The molecule has 3 heterocycles. The normalized spacial score (nSPS) is 10.5. The van der Waals surface area contributed by atoms with Crippen molar-refractivity contribution in [1.29, 1.82) is 5.26 Å². The van der Waals surface area contributed by atoms with Crippen LogP contribution in [0.3, 0.4) is 0 Å². The van der Waals surface area contributed by atoms with Crippen molar-refractivity contribution < 1.29 is 9.18 Å². The summed E-state index contributed by atoms with van der Waals surface area (Å²) in [6.07, 6.45) is 7.98. The van der Waals surface area contributed by atoms with E-state index in [1.165, 1.54) is 17.0 Å². The fraction of sp³-hybridized carbons (Fsp3) is 0.160. The quantitative estimate of drug-likeness (QED) is 0.386. The van der Waals surface area contributed by atoms with Gasteiger partial charge in [0, 0.05) is 37.7 Å². The zero-order chi connectivity index (χ0) is 23.9. The number of amides is 1. The van der Waals surface area contributed by atoms with E-state index < -0.39 is 0 Å². The van der Waals surface area contributed by atoms with Crippen LogP contribution in [-0.4, -0.2) is 32.7 Å². The molecule has 170 valence electrons. The molecule has 34 heavy (non-hydrogen) atoms. The van der Waals surface area contributed by atoms with Gasteiger partial charge in [-0.2, -0.15) is 10.4 Å². The molecule has 4 aromatic rings. The fourth-order valence-electron chi connectivity index (χ4n) is 3.59. The standard InChI is InChI=1S/C25H22FN7O/c1-32-16-21(14-30-32)24-20(12-27)11-23(33(17-34)15-19-5-3-8-28-13-19)25(31-24)29-9-7-18-4-2-6-22(26)10-18/h2-6,8,10-11,13-14,16-17H,7,9,15H2,1H3,(H,29,31). The number of hydrogen-bond acceptors (Lipinski definition) is 6. The van der Waals surface area contributed by atoms with E-state index in [9.17, 15) is 14.4 Å². The lowest BCUT2D eigenvalue weighted by atomic mass is 10.1. The van der Waals surface area contributed by atoms with Gasteiger partial charge in [0.05, 0.1) is 29.7 Å². The van der Waals surface area contributed by atoms with Gasteiger partial charge >= 0.3 is 0 Å². The predicted octanol–water partition coefficient (Wildman–Crippen LogP) is 3.71. The molecule has 1 amide bonds. The molecule has 0 spiro atoms. The first kappa shape index (κ1) is 22.6. The Labute approximate surface area is 196 Å². The van der Waals surface area contributed by atoms with Crippen LogP contribution >= 0.6 is 0 Å². The van der Waals surface area contributed by atoms with Crippen LogP contribution in [0.4, 0.5) is 15.9 Å². The number of benzene rings is 1. The highest BCUT2D eigenvalue weighted by atomic mass is 19.1. The number of aromatic nitrogens is 4. The lowest BCUT2D eigenvalue weighted by molar-refractivity contribution is -0.107. The molecule has 4 rings (SSSR count). The minimum atomic E-state index is -0.294. The van der Waals surface area contributed by atoms with Crippen LogP contribution in [0.25, 0.3) is 11.3 Å². The van der Waals surface area contributed by atoms with Gasteiger partial charge in [-0.25, -0.2) is 9.37 Å². The lowest BCUT2D eigenvalue weighted by Crippen LogP contribution is -2.23.